The quantitative estimate of drug-likeness (QED) is 0.0802. The molecular formula is C39H36O6S. The fourth-order valence-corrected chi connectivity index (χ4v) is 7.18. The summed E-state index contributed by atoms with van der Waals surface area (Å²) in [6.45, 7) is 2.16. The second kappa shape index (κ2) is 13.8. The summed E-state index contributed by atoms with van der Waals surface area (Å²) in [5, 5.41) is 0. The van der Waals surface area contributed by atoms with Crippen LogP contribution in [0.1, 0.15) is 39.0 Å². The molecule has 6 nitrogen and oxygen atoms in total. The van der Waals surface area contributed by atoms with Crippen molar-refractivity contribution in [1.29, 1.82) is 0 Å². The second-order valence-electron chi connectivity index (χ2n) is 11.6. The molecule has 1 fully saturated rings. The van der Waals surface area contributed by atoms with E-state index in [0.717, 1.165) is 22.3 Å². The molecule has 7 heteroatoms. The summed E-state index contributed by atoms with van der Waals surface area (Å²) in [7, 11) is -4.04. The maximum Gasteiger partial charge on any atom is 0.338 e. The van der Waals surface area contributed by atoms with Crippen LogP contribution in [0.15, 0.2) is 150 Å². The van der Waals surface area contributed by atoms with Crippen molar-refractivity contribution >= 4 is 16.1 Å². The van der Waals surface area contributed by atoms with E-state index in [-0.39, 0.29) is 29.9 Å². The highest BCUT2D eigenvalue weighted by Gasteiger charge is 2.48. The molecule has 5 aromatic rings. The zero-order valence-electron chi connectivity index (χ0n) is 25.6. The Kier molecular flexibility index (Phi) is 9.45. The van der Waals surface area contributed by atoms with E-state index in [1.54, 1.807) is 48.5 Å². The molecular weight excluding hydrogens is 596 g/mol. The van der Waals surface area contributed by atoms with Crippen molar-refractivity contribution in [3.05, 3.63) is 173 Å². The molecule has 0 radical (unpaired) electrons. The fraction of sp³-hybridized carbons (Fsp3) is 0.205. The van der Waals surface area contributed by atoms with Gasteiger partial charge < -0.3 is 9.47 Å². The molecule has 0 unspecified atom stereocenters. The van der Waals surface area contributed by atoms with Crippen LogP contribution in [0.3, 0.4) is 0 Å². The number of esters is 1. The van der Waals surface area contributed by atoms with Gasteiger partial charge in [0.25, 0.3) is 10.1 Å². The van der Waals surface area contributed by atoms with Gasteiger partial charge in [0.05, 0.1) is 29.8 Å². The molecule has 1 saturated carbocycles. The zero-order valence-corrected chi connectivity index (χ0v) is 26.4. The van der Waals surface area contributed by atoms with Crippen molar-refractivity contribution in [1.82, 2.24) is 0 Å². The minimum atomic E-state index is -4.04. The fourth-order valence-electron chi connectivity index (χ4n) is 6.05. The first-order valence-corrected chi connectivity index (χ1v) is 16.8. The molecule has 0 amide bonds. The average Bonchev–Trinajstić information content (AvgIpc) is 3.09. The largest absolute Gasteiger partial charge is 0.462 e. The number of ether oxygens (including phenoxy) is 2. The van der Waals surface area contributed by atoms with Gasteiger partial charge in [-0.1, -0.05) is 127 Å². The van der Waals surface area contributed by atoms with E-state index in [4.69, 9.17) is 13.7 Å². The highest BCUT2D eigenvalue weighted by molar-refractivity contribution is 7.86. The Labute approximate surface area is 270 Å². The van der Waals surface area contributed by atoms with Crippen LogP contribution in [0, 0.1) is 18.8 Å². The van der Waals surface area contributed by atoms with E-state index in [9.17, 15) is 13.2 Å². The Bertz CT molecular complexity index is 1730. The number of rotatable bonds is 12. The van der Waals surface area contributed by atoms with Crippen LogP contribution in [0.2, 0.25) is 0 Å². The first-order chi connectivity index (χ1) is 22.4. The summed E-state index contributed by atoms with van der Waals surface area (Å²) in [5.74, 6) is -0.977. The minimum Gasteiger partial charge on any atom is -0.462 e. The Balaban J connectivity index is 1.32. The van der Waals surface area contributed by atoms with E-state index in [1.165, 1.54) is 0 Å². The lowest BCUT2D eigenvalue weighted by Crippen LogP contribution is -2.50. The summed E-state index contributed by atoms with van der Waals surface area (Å²) < 4.78 is 45.4. The van der Waals surface area contributed by atoms with Crippen molar-refractivity contribution < 1.29 is 26.9 Å². The Morgan fingerprint density at radius 2 is 1.15 bits per heavy atom. The summed E-state index contributed by atoms with van der Waals surface area (Å²) in [6.07, 6.45) is -0.261. The van der Waals surface area contributed by atoms with Crippen molar-refractivity contribution in [3.8, 4) is 0 Å². The Morgan fingerprint density at radius 3 is 1.65 bits per heavy atom. The van der Waals surface area contributed by atoms with Gasteiger partial charge in [0.1, 0.15) is 5.60 Å². The first kappa shape index (κ1) is 31.4. The van der Waals surface area contributed by atoms with Crippen LogP contribution >= 0.6 is 0 Å². The van der Waals surface area contributed by atoms with Crippen LogP contribution in [0.25, 0.3) is 0 Å². The standard InChI is InChI=1S/C39H36O6S/c1-29-22-24-35(25-23-29)46(41,42)45-37-26-31(27-43-38(40)30-14-6-2-7-15-30)36(37)28-44-39(32-16-8-3-9-17-32,33-18-10-4-11-19-33)34-20-12-5-13-21-34/h2-25,31,36-37H,26-28H2,1H3/t31-,36-,37+/m1/s1. The van der Waals surface area contributed by atoms with Gasteiger partial charge in [-0.05, 0) is 54.3 Å². The normalized spacial score (nSPS) is 18.0. The van der Waals surface area contributed by atoms with Gasteiger partial charge in [0.15, 0.2) is 0 Å². The lowest BCUT2D eigenvalue weighted by Gasteiger charge is -2.45. The number of benzene rings is 5. The van der Waals surface area contributed by atoms with E-state index in [2.05, 4.69) is 0 Å². The SMILES string of the molecule is Cc1ccc(S(=O)(=O)O[C@H]2C[C@H](COC(=O)c3ccccc3)[C@H]2COC(c2ccccc2)(c2ccccc2)c2ccccc2)cc1. The van der Waals surface area contributed by atoms with Crippen molar-refractivity contribution in [2.45, 2.75) is 29.9 Å². The monoisotopic (exact) mass is 632 g/mol. The van der Waals surface area contributed by atoms with Gasteiger partial charge in [0, 0.05) is 11.8 Å². The number of carbonyl (C=O) groups is 1. The maximum absolute atomic E-state index is 13.4. The summed E-state index contributed by atoms with van der Waals surface area (Å²) >= 11 is 0. The molecule has 46 heavy (non-hydrogen) atoms. The highest BCUT2D eigenvalue weighted by Crippen LogP contribution is 2.45. The van der Waals surface area contributed by atoms with Crippen LogP contribution in [0.5, 0.6) is 0 Å². The molecule has 0 N–H and O–H groups in total. The van der Waals surface area contributed by atoms with Gasteiger partial charge in [-0.15, -0.1) is 0 Å². The average molecular weight is 633 g/mol. The van der Waals surface area contributed by atoms with Gasteiger partial charge in [-0.2, -0.15) is 8.42 Å². The lowest BCUT2D eigenvalue weighted by molar-refractivity contribution is -0.107. The van der Waals surface area contributed by atoms with Gasteiger partial charge in [0.2, 0.25) is 0 Å². The molecule has 0 saturated heterocycles. The Hall–Kier alpha value is -4.56. The molecule has 0 heterocycles. The highest BCUT2D eigenvalue weighted by atomic mass is 32.2. The molecule has 234 valence electrons. The topological polar surface area (TPSA) is 78.9 Å². The van der Waals surface area contributed by atoms with Gasteiger partial charge in [-0.25, -0.2) is 4.79 Å². The Morgan fingerprint density at radius 1 is 0.674 bits per heavy atom. The second-order valence-corrected chi connectivity index (χ2v) is 13.2. The number of hydrogen-bond donors (Lipinski definition) is 0. The van der Waals surface area contributed by atoms with Crippen LogP contribution in [-0.2, 0) is 29.4 Å². The molecule has 0 bridgehead atoms. The van der Waals surface area contributed by atoms with E-state index < -0.39 is 27.8 Å². The van der Waals surface area contributed by atoms with Crippen molar-refractivity contribution in [2.24, 2.45) is 11.8 Å². The number of carbonyl (C=O) groups excluding carboxylic acids is 1. The molecule has 1 aliphatic carbocycles. The van der Waals surface area contributed by atoms with Crippen LogP contribution in [0.4, 0.5) is 0 Å². The zero-order chi connectivity index (χ0) is 32.0. The molecule has 0 aromatic heterocycles. The molecule has 0 aliphatic heterocycles. The summed E-state index contributed by atoms with van der Waals surface area (Å²) in [5.41, 5.74) is 3.22. The predicted octanol–water partition coefficient (Wildman–Crippen LogP) is 7.57. The molecule has 1 aliphatic rings. The smallest absolute Gasteiger partial charge is 0.338 e. The third kappa shape index (κ3) is 6.67. The van der Waals surface area contributed by atoms with Gasteiger partial charge in [-0.3, -0.25) is 4.18 Å². The summed E-state index contributed by atoms with van der Waals surface area (Å²) in [4.78, 5) is 12.9. The van der Waals surface area contributed by atoms with Crippen molar-refractivity contribution in [3.63, 3.8) is 0 Å². The lowest BCUT2D eigenvalue weighted by atomic mass is 9.71. The van der Waals surface area contributed by atoms with Crippen LogP contribution < -0.4 is 0 Å². The predicted molar refractivity (Wildman–Crippen MR) is 177 cm³/mol. The van der Waals surface area contributed by atoms with Crippen LogP contribution in [-0.4, -0.2) is 33.7 Å². The maximum atomic E-state index is 13.4. The molecule has 5 aromatic carbocycles. The van der Waals surface area contributed by atoms with E-state index in [1.807, 2.05) is 104 Å². The first-order valence-electron chi connectivity index (χ1n) is 15.4. The van der Waals surface area contributed by atoms with E-state index in [0.29, 0.717) is 12.0 Å². The van der Waals surface area contributed by atoms with Gasteiger partial charge >= 0.3 is 5.97 Å². The number of aryl methyl sites for hydroxylation is 1. The molecule has 6 rings (SSSR count). The van der Waals surface area contributed by atoms with Crippen molar-refractivity contribution in [2.75, 3.05) is 13.2 Å². The molecule has 3 atom stereocenters. The van der Waals surface area contributed by atoms with E-state index >= 15 is 0 Å². The number of hydrogen-bond acceptors (Lipinski definition) is 6. The molecule has 0 spiro atoms. The minimum absolute atomic E-state index is 0.101. The summed E-state index contributed by atoms with van der Waals surface area (Å²) in [6, 6.07) is 45.4. The third-order valence-electron chi connectivity index (χ3n) is 8.65. The third-order valence-corrected chi connectivity index (χ3v) is 10.00.